The van der Waals surface area contributed by atoms with Gasteiger partial charge in [0.1, 0.15) is 0 Å². The van der Waals surface area contributed by atoms with Crippen molar-refractivity contribution in [1.82, 2.24) is 0 Å². The van der Waals surface area contributed by atoms with Crippen molar-refractivity contribution < 1.29 is 42.5 Å². The Balaban J connectivity index is 0. The monoisotopic (exact) mass is 198 g/mol. The van der Waals surface area contributed by atoms with E-state index >= 15 is 0 Å². The van der Waals surface area contributed by atoms with E-state index in [9.17, 15) is 13.0 Å². The predicted octanol–water partition coefficient (Wildman–Crippen LogP) is -1.94. The van der Waals surface area contributed by atoms with E-state index in [2.05, 4.69) is 6.58 Å². The second-order valence-corrected chi connectivity index (χ2v) is 3.81. The summed E-state index contributed by atoms with van der Waals surface area (Å²) in [7, 11) is -4.09. The van der Waals surface area contributed by atoms with Gasteiger partial charge in [0.25, 0.3) is 0 Å². The Bertz CT molecular complexity index is 254. The van der Waals surface area contributed by atoms with Gasteiger partial charge in [-0.25, -0.2) is 8.42 Å². The van der Waals surface area contributed by atoms with Gasteiger partial charge in [0.15, 0.2) is 0 Å². The molecule has 0 N–H and O–H groups in total. The topological polar surface area (TPSA) is 57.2 Å². The maximum atomic E-state index is 10.0. The Kier molecular flexibility index (Phi) is 8.51. The molecule has 0 bridgehead atoms. The molecule has 64 valence electrons. The van der Waals surface area contributed by atoms with Crippen molar-refractivity contribution in [1.29, 1.82) is 0 Å². The Morgan fingerprint density at radius 2 is 2.00 bits per heavy atom. The van der Waals surface area contributed by atoms with Gasteiger partial charge in [-0.1, -0.05) is 24.3 Å². The average Bonchev–Trinajstić information content (AvgIpc) is 1.78. The van der Waals surface area contributed by atoms with Crippen molar-refractivity contribution in [2.45, 2.75) is 13.3 Å². The molecule has 0 aromatic heterocycles. The van der Waals surface area contributed by atoms with E-state index in [4.69, 9.17) is 0 Å². The Morgan fingerprint density at radius 3 is 2.33 bits per heavy atom. The number of hydrogen-bond acceptors (Lipinski definition) is 3. The van der Waals surface area contributed by atoms with Crippen LogP contribution in [0.2, 0.25) is 0 Å². The first-order valence-electron chi connectivity index (χ1n) is 3.15. The molecule has 0 fully saturated rings. The summed E-state index contributed by atoms with van der Waals surface area (Å²) in [5.41, 5.74) is 0.935. The first-order valence-corrected chi connectivity index (χ1v) is 4.72. The van der Waals surface area contributed by atoms with Crippen LogP contribution in [0.15, 0.2) is 24.3 Å². The third-order valence-electron chi connectivity index (χ3n) is 0.933. The van der Waals surface area contributed by atoms with Gasteiger partial charge in [-0.05, 0) is 13.3 Å². The summed E-state index contributed by atoms with van der Waals surface area (Å²) >= 11 is 0. The summed E-state index contributed by atoms with van der Waals surface area (Å²) in [5.74, 6) is -0.430. The molecular formula is C7H11NaO3S. The molecule has 0 radical (unpaired) electrons. The van der Waals surface area contributed by atoms with E-state index in [-0.39, 0.29) is 29.6 Å². The van der Waals surface area contributed by atoms with Crippen LogP contribution in [0.4, 0.5) is 0 Å². The molecule has 0 amide bonds. The van der Waals surface area contributed by atoms with Crippen LogP contribution in [0.25, 0.3) is 0 Å². The first kappa shape index (κ1) is 14.9. The van der Waals surface area contributed by atoms with E-state index < -0.39 is 15.9 Å². The molecule has 0 atom stereocenters. The van der Waals surface area contributed by atoms with Crippen molar-refractivity contribution in [3.63, 3.8) is 0 Å². The number of allylic oxidation sites excluding steroid dienone is 2. The average molecular weight is 198 g/mol. The Morgan fingerprint density at radius 1 is 1.50 bits per heavy atom. The zero-order chi connectivity index (χ0) is 8.91. The van der Waals surface area contributed by atoms with Gasteiger partial charge in [0, 0.05) is 0 Å². The van der Waals surface area contributed by atoms with Crippen LogP contribution in [-0.2, 0) is 10.1 Å². The van der Waals surface area contributed by atoms with Crippen molar-refractivity contribution >= 4 is 10.1 Å². The molecule has 0 saturated carbocycles. The minimum atomic E-state index is -4.09. The van der Waals surface area contributed by atoms with Gasteiger partial charge in [0.2, 0.25) is 0 Å². The minimum absolute atomic E-state index is 0. The predicted molar refractivity (Wildman–Crippen MR) is 43.1 cm³/mol. The molecule has 0 aromatic carbocycles. The fourth-order valence-electron chi connectivity index (χ4n) is 0.470. The van der Waals surface area contributed by atoms with Crippen molar-refractivity contribution in [2.24, 2.45) is 0 Å². The quantitative estimate of drug-likeness (QED) is 0.300. The van der Waals surface area contributed by atoms with Crippen LogP contribution in [0, 0.1) is 0 Å². The van der Waals surface area contributed by atoms with E-state index in [0.29, 0.717) is 6.42 Å². The molecule has 0 heterocycles. The summed E-state index contributed by atoms with van der Waals surface area (Å²) in [5, 5.41) is 0. The van der Waals surface area contributed by atoms with Gasteiger partial charge in [-0.15, -0.1) is 0 Å². The van der Waals surface area contributed by atoms with Gasteiger partial charge in [-0.2, -0.15) is 0 Å². The van der Waals surface area contributed by atoms with E-state index in [1.54, 1.807) is 6.08 Å². The van der Waals surface area contributed by atoms with E-state index in [1.807, 2.05) is 6.92 Å². The second kappa shape index (κ2) is 6.86. The molecule has 12 heavy (non-hydrogen) atoms. The molecule has 0 aliphatic heterocycles. The Labute approximate surface area is 95.6 Å². The number of rotatable bonds is 4. The summed E-state index contributed by atoms with van der Waals surface area (Å²) in [6.07, 6.45) is 3.59. The number of hydrogen-bond donors (Lipinski definition) is 0. The maximum absolute atomic E-state index is 10.0. The largest absolute Gasteiger partial charge is 1.00 e. The van der Waals surface area contributed by atoms with E-state index in [0.717, 1.165) is 5.57 Å². The van der Waals surface area contributed by atoms with Crippen LogP contribution in [0.5, 0.6) is 0 Å². The van der Waals surface area contributed by atoms with Crippen LogP contribution in [0.1, 0.15) is 13.3 Å². The fourth-order valence-corrected chi connectivity index (χ4v) is 0.842. The summed E-state index contributed by atoms with van der Waals surface area (Å²) in [4.78, 5) is 0. The van der Waals surface area contributed by atoms with Gasteiger partial charge >= 0.3 is 29.6 Å². The van der Waals surface area contributed by atoms with Crippen molar-refractivity contribution in [3.05, 3.63) is 24.3 Å². The zero-order valence-electron chi connectivity index (χ0n) is 7.41. The molecule has 0 aliphatic carbocycles. The second-order valence-electron chi connectivity index (χ2n) is 2.36. The molecule has 0 rings (SSSR count). The van der Waals surface area contributed by atoms with Crippen LogP contribution >= 0.6 is 0 Å². The van der Waals surface area contributed by atoms with E-state index in [1.165, 1.54) is 6.08 Å². The zero-order valence-corrected chi connectivity index (χ0v) is 10.2. The van der Waals surface area contributed by atoms with Gasteiger partial charge in [-0.3, -0.25) is 0 Å². The fraction of sp³-hybridized carbons (Fsp3) is 0.429. The molecule has 0 unspecified atom stereocenters. The summed E-state index contributed by atoms with van der Waals surface area (Å²) < 4.78 is 30.1. The standard InChI is InChI=1S/C7H12O3S.Na/c1-7(2)5-3-4-6-11(8,9)10;/h3-4H,1,5-6H2,2H3,(H,8,9,10);/q;+1/p-1. The van der Waals surface area contributed by atoms with Crippen LogP contribution < -0.4 is 29.6 Å². The van der Waals surface area contributed by atoms with Crippen LogP contribution in [0.3, 0.4) is 0 Å². The molecule has 0 spiro atoms. The van der Waals surface area contributed by atoms with Crippen molar-refractivity contribution in [2.75, 3.05) is 5.75 Å². The molecule has 0 aliphatic rings. The smallest absolute Gasteiger partial charge is 0.748 e. The molecule has 0 aromatic rings. The summed E-state index contributed by atoms with van der Waals surface area (Å²) in [6, 6.07) is 0. The molecule has 3 nitrogen and oxygen atoms in total. The van der Waals surface area contributed by atoms with Crippen molar-refractivity contribution in [3.8, 4) is 0 Å². The SMILES string of the molecule is C=C(C)CC=CCS(=O)(=O)[O-].[Na+]. The molecule has 0 saturated heterocycles. The first-order chi connectivity index (χ1) is 4.92. The minimum Gasteiger partial charge on any atom is -0.748 e. The van der Waals surface area contributed by atoms with Crippen LogP contribution in [-0.4, -0.2) is 18.7 Å². The molecular weight excluding hydrogens is 187 g/mol. The third-order valence-corrected chi connectivity index (χ3v) is 1.53. The van der Waals surface area contributed by atoms with Gasteiger partial charge in [0.05, 0.1) is 15.9 Å². The third kappa shape index (κ3) is 13.0. The molecule has 5 heteroatoms. The summed E-state index contributed by atoms with van der Waals surface area (Å²) in [6.45, 7) is 5.44. The Hall–Kier alpha value is 0.390. The van der Waals surface area contributed by atoms with Gasteiger partial charge < -0.3 is 4.55 Å². The normalized spacial score (nSPS) is 11.2. The maximum Gasteiger partial charge on any atom is 1.00 e.